The molecule has 0 spiro atoms. The molecule has 25 heavy (non-hydrogen) atoms. The number of anilines is 2. The lowest BCUT2D eigenvalue weighted by molar-refractivity contribution is 0.585. The molecule has 1 aromatic rings. The Morgan fingerprint density at radius 1 is 1.16 bits per heavy atom. The zero-order valence-electron chi connectivity index (χ0n) is 14.6. The van der Waals surface area contributed by atoms with Gasteiger partial charge in [0.2, 0.25) is 20.0 Å². The second kappa shape index (κ2) is 7.15. The first-order valence-corrected chi connectivity index (χ1v) is 12.1. The van der Waals surface area contributed by atoms with E-state index >= 15 is 0 Å². The third kappa shape index (κ3) is 3.95. The quantitative estimate of drug-likeness (QED) is 0.781. The van der Waals surface area contributed by atoms with Crippen molar-refractivity contribution in [1.82, 2.24) is 0 Å². The number of fused-ring (bicyclic) bond motifs is 1. The number of sulfonamides is 2. The van der Waals surface area contributed by atoms with Crippen LogP contribution in [0, 0.1) is 0 Å². The van der Waals surface area contributed by atoms with Crippen molar-refractivity contribution in [3.05, 3.63) is 23.8 Å². The zero-order valence-corrected chi connectivity index (χ0v) is 16.2. The van der Waals surface area contributed by atoms with Crippen LogP contribution in [0.3, 0.4) is 0 Å². The van der Waals surface area contributed by atoms with E-state index in [0.29, 0.717) is 43.6 Å². The van der Waals surface area contributed by atoms with Gasteiger partial charge in [0.25, 0.3) is 0 Å². The molecule has 0 radical (unpaired) electrons. The average molecular weight is 387 g/mol. The van der Waals surface area contributed by atoms with Crippen LogP contribution in [0.2, 0.25) is 0 Å². The first kappa shape index (κ1) is 18.5. The summed E-state index contributed by atoms with van der Waals surface area (Å²) in [6.45, 7) is 2.39. The van der Waals surface area contributed by atoms with E-state index in [9.17, 15) is 16.8 Å². The molecule has 1 aliphatic carbocycles. The third-order valence-electron chi connectivity index (χ3n) is 5.03. The Hall–Kier alpha value is -1.28. The van der Waals surface area contributed by atoms with E-state index in [0.717, 1.165) is 24.8 Å². The lowest BCUT2D eigenvalue weighted by atomic mass is 10.1. The van der Waals surface area contributed by atoms with E-state index in [1.165, 1.54) is 4.31 Å². The van der Waals surface area contributed by atoms with Gasteiger partial charge >= 0.3 is 0 Å². The second-order valence-electron chi connectivity index (χ2n) is 6.89. The Morgan fingerprint density at radius 2 is 1.88 bits per heavy atom. The molecule has 1 heterocycles. The number of unbranched alkanes of at least 4 members (excludes halogenated alkanes) is 1. The second-order valence-corrected chi connectivity index (χ2v) is 10.9. The highest BCUT2D eigenvalue weighted by Gasteiger charge is 2.31. The van der Waals surface area contributed by atoms with Gasteiger partial charge in [-0.05, 0) is 43.4 Å². The van der Waals surface area contributed by atoms with E-state index in [-0.39, 0.29) is 11.0 Å². The van der Waals surface area contributed by atoms with Gasteiger partial charge in [-0.2, -0.15) is 0 Å². The molecule has 140 valence electrons. The maximum Gasteiger partial charge on any atom is 0.235 e. The van der Waals surface area contributed by atoms with E-state index in [2.05, 4.69) is 4.72 Å². The summed E-state index contributed by atoms with van der Waals surface area (Å²) >= 11 is 0. The molecule has 0 unspecified atom stereocenters. The van der Waals surface area contributed by atoms with Crippen LogP contribution in [0.4, 0.5) is 11.4 Å². The number of rotatable bonds is 7. The Kier molecular flexibility index (Phi) is 5.29. The maximum absolute atomic E-state index is 12.5. The number of nitrogens with zero attached hydrogens (tertiary/aromatic N) is 1. The summed E-state index contributed by atoms with van der Waals surface area (Å²) in [5.41, 5.74) is 2.01. The molecule has 1 saturated carbocycles. The van der Waals surface area contributed by atoms with Crippen LogP contribution in [0.5, 0.6) is 0 Å². The van der Waals surface area contributed by atoms with Gasteiger partial charge in [0.1, 0.15) is 0 Å². The molecule has 1 aromatic carbocycles. The van der Waals surface area contributed by atoms with Crippen molar-refractivity contribution in [2.75, 3.05) is 21.3 Å². The van der Waals surface area contributed by atoms with Crippen LogP contribution in [-0.2, 0) is 26.5 Å². The van der Waals surface area contributed by atoms with Gasteiger partial charge in [0.15, 0.2) is 0 Å². The molecule has 1 N–H and O–H groups in total. The molecule has 3 rings (SSSR count). The summed E-state index contributed by atoms with van der Waals surface area (Å²) in [7, 11) is -6.77. The standard InChI is InChI=1S/C17H26N2O4S2/c1-2-3-12-24(20,21)19-11-10-14-8-9-15(13-17(14)19)18-25(22,23)16-6-4-5-7-16/h8-9,13,16,18H,2-7,10-12H2,1H3. The van der Waals surface area contributed by atoms with Crippen LogP contribution in [0.25, 0.3) is 0 Å². The Morgan fingerprint density at radius 3 is 2.56 bits per heavy atom. The van der Waals surface area contributed by atoms with E-state index < -0.39 is 20.0 Å². The van der Waals surface area contributed by atoms with Crippen molar-refractivity contribution in [2.45, 2.75) is 57.1 Å². The minimum atomic E-state index is -3.42. The molecule has 0 amide bonds. The highest BCUT2D eigenvalue weighted by Crippen LogP contribution is 2.34. The summed E-state index contributed by atoms with van der Waals surface area (Å²) in [6.07, 6.45) is 5.38. The highest BCUT2D eigenvalue weighted by atomic mass is 32.2. The molecule has 0 atom stereocenters. The number of hydrogen-bond acceptors (Lipinski definition) is 4. The first-order chi connectivity index (χ1) is 11.8. The van der Waals surface area contributed by atoms with Crippen molar-refractivity contribution in [3.63, 3.8) is 0 Å². The summed E-state index contributed by atoms with van der Waals surface area (Å²) in [6, 6.07) is 5.23. The molecule has 1 aliphatic heterocycles. The average Bonchev–Trinajstić information content (AvgIpc) is 3.22. The molecule has 8 heteroatoms. The Bertz CT molecular complexity index is 828. The van der Waals surface area contributed by atoms with Crippen LogP contribution < -0.4 is 9.03 Å². The van der Waals surface area contributed by atoms with Gasteiger partial charge in [-0.15, -0.1) is 0 Å². The fourth-order valence-electron chi connectivity index (χ4n) is 3.59. The predicted molar refractivity (Wildman–Crippen MR) is 101 cm³/mol. The molecule has 0 saturated heterocycles. The number of hydrogen-bond donors (Lipinski definition) is 1. The summed E-state index contributed by atoms with van der Waals surface area (Å²) in [5.74, 6) is 0.126. The van der Waals surface area contributed by atoms with Crippen LogP contribution >= 0.6 is 0 Å². The van der Waals surface area contributed by atoms with Crippen LogP contribution in [0.15, 0.2) is 18.2 Å². The normalized spacial score (nSPS) is 18.5. The highest BCUT2D eigenvalue weighted by molar-refractivity contribution is 7.93. The lowest BCUT2D eigenvalue weighted by Crippen LogP contribution is -2.31. The summed E-state index contributed by atoms with van der Waals surface area (Å²) in [5, 5.41) is -0.342. The lowest BCUT2D eigenvalue weighted by Gasteiger charge is -2.20. The van der Waals surface area contributed by atoms with Crippen molar-refractivity contribution in [1.29, 1.82) is 0 Å². The molecule has 1 fully saturated rings. The number of benzene rings is 1. The summed E-state index contributed by atoms with van der Waals surface area (Å²) in [4.78, 5) is 0. The fraction of sp³-hybridized carbons (Fsp3) is 0.647. The van der Waals surface area contributed by atoms with Crippen molar-refractivity contribution < 1.29 is 16.8 Å². The van der Waals surface area contributed by atoms with Crippen molar-refractivity contribution >= 4 is 31.4 Å². The Balaban J connectivity index is 1.83. The topological polar surface area (TPSA) is 83.6 Å². The van der Waals surface area contributed by atoms with E-state index in [1.54, 1.807) is 12.1 Å². The zero-order chi connectivity index (χ0) is 18.1. The van der Waals surface area contributed by atoms with Crippen LogP contribution in [-0.4, -0.2) is 34.4 Å². The molecular weight excluding hydrogens is 360 g/mol. The molecule has 6 nitrogen and oxygen atoms in total. The van der Waals surface area contributed by atoms with Gasteiger partial charge in [-0.3, -0.25) is 9.03 Å². The SMILES string of the molecule is CCCCS(=O)(=O)N1CCc2ccc(NS(=O)(=O)C3CCCC3)cc21. The minimum Gasteiger partial charge on any atom is -0.283 e. The monoisotopic (exact) mass is 386 g/mol. The van der Waals surface area contributed by atoms with Crippen molar-refractivity contribution in [3.8, 4) is 0 Å². The largest absolute Gasteiger partial charge is 0.283 e. The van der Waals surface area contributed by atoms with E-state index in [4.69, 9.17) is 0 Å². The molecular formula is C17H26N2O4S2. The van der Waals surface area contributed by atoms with E-state index in [1.807, 2.05) is 13.0 Å². The predicted octanol–water partition coefficient (Wildman–Crippen LogP) is 2.86. The summed E-state index contributed by atoms with van der Waals surface area (Å²) < 4.78 is 54.1. The fourth-order valence-corrected chi connectivity index (χ4v) is 6.87. The molecule has 0 aromatic heterocycles. The smallest absolute Gasteiger partial charge is 0.235 e. The first-order valence-electron chi connectivity index (χ1n) is 8.98. The van der Waals surface area contributed by atoms with Gasteiger partial charge < -0.3 is 0 Å². The molecule has 0 bridgehead atoms. The number of nitrogens with one attached hydrogen (secondary N) is 1. The van der Waals surface area contributed by atoms with Gasteiger partial charge in [0, 0.05) is 6.54 Å². The minimum absolute atomic E-state index is 0.126. The van der Waals surface area contributed by atoms with Crippen molar-refractivity contribution in [2.24, 2.45) is 0 Å². The van der Waals surface area contributed by atoms with Gasteiger partial charge in [-0.25, -0.2) is 16.8 Å². The maximum atomic E-state index is 12.5. The van der Waals surface area contributed by atoms with Gasteiger partial charge in [0.05, 0.1) is 22.4 Å². The third-order valence-corrected chi connectivity index (χ3v) is 8.76. The van der Waals surface area contributed by atoms with Gasteiger partial charge in [-0.1, -0.05) is 32.3 Å². The van der Waals surface area contributed by atoms with Crippen LogP contribution in [0.1, 0.15) is 51.0 Å². The molecule has 2 aliphatic rings. The Labute approximate surface area is 150 Å².